The normalized spacial score (nSPS) is 22.8. The molecule has 1 aromatic rings. The van der Waals surface area contributed by atoms with E-state index in [0.29, 0.717) is 69.5 Å². The summed E-state index contributed by atoms with van der Waals surface area (Å²) in [6.07, 6.45) is 0.979. The molecule has 1 N–H and O–H groups in total. The maximum absolute atomic E-state index is 12.7. The van der Waals surface area contributed by atoms with E-state index in [2.05, 4.69) is 5.32 Å². The molecule has 1 spiro atoms. The molecule has 0 aromatic heterocycles. The van der Waals surface area contributed by atoms with E-state index in [1.54, 1.807) is 35.1 Å². The summed E-state index contributed by atoms with van der Waals surface area (Å²) < 4.78 is 28.8. The third-order valence-corrected chi connectivity index (χ3v) is 7.60. The van der Waals surface area contributed by atoms with E-state index in [-0.39, 0.29) is 17.7 Å². The van der Waals surface area contributed by atoms with E-state index in [0.717, 1.165) is 0 Å². The molecule has 3 heterocycles. The van der Waals surface area contributed by atoms with Gasteiger partial charge in [-0.2, -0.15) is 0 Å². The average molecular weight is 423 g/mol. The zero-order chi connectivity index (χ0) is 20.4. The second-order valence-corrected chi connectivity index (χ2v) is 8.99. The molecule has 3 aliphatic rings. The molecule has 3 amide bonds. The van der Waals surface area contributed by atoms with Crippen molar-refractivity contribution >= 4 is 28.4 Å². The van der Waals surface area contributed by atoms with E-state index < -0.39 is 15.7 Å². The van der Waals surface area contributed by atoms with Crippen LogP contribution in [-0.2, 0) is 20.3 Å². The zero-order valence-corrected chi connectivity index (χ0v) is 17.2. The number of carbonyl (C=O) groups excluding carboxylic acids is 2. The van der Waals surface area contributed by atoms with Gasteiger partial charge in [0.2, 0.25) is 5.91 Å². The van der Waals surface area contributed by atoms with Crippen LogP contribution in [0.5, 0.6) is 11.5 Å². The molecular weight excluding hydrogens is 398 g/mol. The predicted molar refractivity (Wildman–Crippen MR) is 107 cm³/mol. The number of urea groups is 1. The van der Waals surface area contributed by atoms with Gasteiger partial charge in [-0.15, -0.1) is 0 Å². The minimum absolute atomic E-state index is 0.0487. The van der Waals surface area contributed by atoms with Crippen LogP contribution in [0.25, 0.3) is 0 Å². The van der Waals surface area contributed by atoms with Crippen molar-refractivity contribution in [2.75, 3.05) is 57.6 Å². The van der Waals surface area contributed by atoms with Crippen molar-refractivity contribution in [2.24, 2.45) is 0 Å². The maximum atomic E-state index is 12.7. The van der Waals surface area contributed by atoms with Crippen molar-refractivity contribution < 1.29 is 28.0 Å². The first-order valence-electron chi connectivity index (χ1n) is 9.67. The number of piperidine rings is 1. The van der Waals surface area contributed by atoms with Gasteiger partial charge in [0.05, 0.1) is 17.4 Å². The van der Waals surface area contributed by atoms with Crippen molar-refractivity contribution in [2.45, 2.75) is 17.7 Å². The number of amides is 3. The second kappa shape index (κ2) is 8.19. The Morgan fingerprint density at radius 1 is 1.24 bits per heavy atom. The third-order valence-electron chi connectivity index (χ3n) is 5.62. The highest BCUT2D eigenvalue weighted by atomic mass is 32.2. The average Bonchev–Trinajstić information content (AvgIpc) is 2.95. The van der Waals surface area contributed by atoms with Crippen LogP contribution in [0.3, 0.4) is 0 Å². The number of hydrogen-bond acceptors (Lipinski definition) is 6. The summed E-state index contributed by atoms with van der Waals surface area (Å²) in [6, 6.07) is 5.06. The molecule has 0 radical (unpaired) electrons. The van der Waals surface area contributed by atoms with Crippen LogP contribution in [0.4, 0.5) is 10.5 Å². The SMILES string of the molecule is COCCN1C(=O)CS(=O)C12CCN(C(=O)Nc1ccc3c(c1)OCCO3)CC2. The van der Waals surface area contributed by atoms with Crippen molar-refractivity contribution in [1.29, 1.82) is 0 Å². The van der Waals surface area contributed by atoms with E-state index in [4.69, 9.17) is 14.2 Å². The molecule has 1 unspecified atom stereocenters. The summed E-state index contributed by atoms with van der Waals surface area (Å²) in [5.74, 6) is 1.22. The number of fused-ring (bicyclic) bond motifs is 1. The van der Waals surface area contributed by atoms with Gasteiger partial charge in [-0.05, 0) is 12.1 Å². The Bertz CT molecular complexity index is 824. The van der Waals surface area contributed by atoms with Gasteiger partial charge in [-0.3, -0.25) is 9.00 Å². The van der Waals surface area contributed by atoms with Crippen LogP contribution < -0.4 is 14.8 Å². The minimum atomic E-state index is -1.27. The molecule has 0 saturated carbocycles. The van der Waals surface area contributed by atoms with Gasteiger partial charge in [-0.1, -0.05) is 0 Å². The van der Waals surface area contributed by atoms with Crippen molar-refractivity contribution in [3.05, 3.63) is 18.2 Å². The van der Waals surface area contributed by atoms with E-state index in [1.807, 2.05) is 0 Å². The fourth-order valence-corrected chi connectivity index (χ4v) is 5.79. The molecule has 3 aliphatic heterocycles. The summed E-state index contributed by atoms with van der Waals surface area (Å²) >= 11 is 0. The fourth-order valence-electron chi connectivity index (χ4n) is 4.07. The van der Waals surface area contributed by atoms with Crippen molar-refractivity contribution in [3.63, 3.8) is 0 Å². The summed E-state index contributed by atoms with van der Waals surface area (Å²) in [6.45, 7) is 2.68. The number of nitrogens with zero attached hydrogens (tertiary/aromatic N) is 2. The first-order valence-corrected chi connectivity index (χ1v) is 11.0. The van der Waals surface area contributed by atoms with E-state index >= 15 is 0 Å². The third kappa shape index (κ3) is 3.78. The highest BCUT2D eigenvalue weighted by Crippen LogP contribution is 2.38. The lowest BCUT2D eigenvalue weighted by Crippen LogP contribution is -2.56. The van der Waals surface area contributed by atoms with Crippen molar-refractivity contribution in [3.8, 4) is 11.5 Å². The Morgan fingerprint density at radius 3 is 2.69 bits per heavy atom. The van der Waals surface area contributed by atoms with Crippen LogP contribution in [0.1, 0.15) is 12.8 Å². The van der Waals surface area contributed by atoms with Gasteiger partial charge in [0.1, 0.15) is 23.8 Å². The smallest absolute Gasteiger partial charge is 0.321 e. The van der Waals surface area contributed by atoms with E-state index in [9.17, 15) is 13.8 Å². The molecule has 2 saturated heterocycles. The second-order valence-electron chi connectivity index (χ2n) is 7.25. The number of rotatable bonds is 4. The lowest BCUT2D eigenvalue weighted by atomic mass is 10.0. The Labute approximate surface area is 171 Å². The quantitative estimate of drug-likeness (QED) is 0.777. The molecule has 4 rings (SSSR count). The minimum Gasteiger partial charge on any atom is -0.486 e. The molecule has 0 aliphatic carbocycles. The topological polar surface area (TPSA) is 97.4 Å². The number of likely N-dealkylation sites (tertiary alicyclic amines) is 1. The van der Waals surface area contributed by atoms with Crippen molar-refractivity contribution in [1.82, 2.24) is 9.80 Å². The van der Waals surface area contributed by atoms with Gasteiger partial charge in [0, 0.05) is 51.3 Å². The largest absolute Gasteiger partial charge is 0.486 e. The van der Waals surface area contributed by atoms with E-state index in [1.165, 1.54) is 0 Å². The molecule has 9 nitrogen and oxygen atoms in total. The van der Waals surface area contributed by atoms with Gasteiger partial charge >= 0.3 is 6.03 Å². The standard InChI is InChI=1S/C19H25N3O6S/c1-26-9-8-22-17(23)13-29(25)19(22)4-6-21(7-5-19)18(24)20-14-2-3-15-16(12-14)28-11-10-27-15/h2-3,12H,4-11,13H2,1H3,(H,20,24). The number of anilines is 1. The highest BCUT2D eigenvalue weighted by molar-refractivity contribution is 7.87. The Hall–Kier alpha value is -2.33. The number of benzene rings is 1. The molecule has 0 bridgehead atoms. The number of carbonyl (C=O) groups is 2. The summed E-state index contributed by atoms with van der Waals surface area (Å²) in [5.41, 5.74) is 0.626. The Balaban J connectivity index is 1.39. The lowest BCUT2D eigenvalue weighted by Gasteiger charge is -2.43. The van der Waals surface area contributed by atoms with Gasteiger partial charge in [0.15, 0.2) is 11.5 Å². The summed E-state index contributed by atoms with van der Waals surface area (Å²) in [7, 11) is 0.311. The van der Waals surface area contributed by atoms with Crippen LogP contribution in [0.2, 0.25) is 0 Å². The molecule has 1 aromatic carbocycles. The molecule has 2 fully saturated rings. The molecule has 29 heavy (non-hydrogen) atoms. The number of methoxy groups -OCH3 is 1. The number of nitrogens with one attached hydrogen (secondary N) is 1. The fraction of sp³-hybridized carbons (Fsp3) is 0.579. The van der Waals surface area contributed by atoms with Crippen LogP contribution in [0.15, 0.2) is 18.2 Å². The predicted octanol–water partition coefficient (Wildman–Crippen LogP) is 1.02. The monoisotopic (exact) mass is 423 g/mol. The highest BCUT2D eigenvalue weighted by Gasteiger charge is 2.52. The van der Waals surface area contributed by atoms with Crippen LogP contribution >= 0.6 is 0 Å². The number of ether oxygens (including phenoxy) is 3. The van der Waals surface area contributed by atoms with Crippen LogP contribution in [0, 0.1) is 0 Å². The lowest BCUT2D eigenvalue weighted by molar-refractivity contribution is -0.131. The van der Waals surface area contributed by atoms with Gasteiger partial charge < -0.3 is 29.3 Å². The summed E-state index contributed by atoms with van der Waals surface area (Å²) in [4.78, 5) is 27.7. The molecule has 1 atom stereocenters. The first kappa shape index (κ1) is 20.0. The molecule has 158 valence electrons. The van der Waals surface area contributed by atoms with Gasteiger partial charge in [-0.25, -0.2) is 4.79 Å². The number of hydrogen-bond donors (Lipinski definition) is 1. The Morgan fingerprint density at radius 2 is 1.97 bits per heavy atom. The first-order chi connectivity index (χ1) is 14.0. The Kier molecular flexibility index (Phi) is 5.64. The van der Waals surface area contributed by atoms with Gasteiger partial charge in [0.25, 0.3) is 0 Å². The maximum Gasteiger partial charge on any atom is 0.321 e. The molecular formula is C19H25N3O6S. The zero-order valence-electron chi connectivity index (χ0n) is 16.3. The summed E-state index contributed by atoms with van der Waals surface area (Å²) in [5, 5.41) is 2.88. The molecule has 10 heteroatoms. The van der Waals surface area contributed by atoms with Crippen LogP contribution in [-0.4, -0.2) is 83.1 Å².